The smallest absolute Gasteiger partial charge is 0.309 e. The zero-order valence-corrected chi connectivity index (χ0v) is 11.6. The second-order valence-corrected chi connectivity index (χ2v) is 6.47. The lowest BCUT2D eigenvalue weighted by molar-refractivity contribution is -0.143. The lowest BCUT2D eigenvalue weighted by Crippen LogP contribution is -2.35. The summed E-state index contributed by atoms with van der Waals surface area (Å²) < 4.78 is 5.52. The first kappa shape index (κ1) is 12.9. The number of aliphatic hydroxyl groups is 1. The average Bonchev–Trinajstić information content (AvgIpc) is 2.74. The van der Waals surface area contributed by atoms with Crippen molar-refractivity contribution < 1.29 is 19.4 Å². The molecule has 2 aliphatic carbocycles. The van der Waals surface area contributed by atoms with Crippen LogP contribution < -0.4 is 0 Å². The third kappa shape index (κ3) is 1.69. The average molecular weight is 264 g/mol. The Morgan fingerprint density at radius 3 is 2.74 bits per heavy atom. The number of carbonyl (C=O) groups is 2. The largest absolute Gasteiger partial charge is 0.457 e. The molecule has 3 rings (SSSR count). The summed E-state index contributed by atoms with van der Waals surface area (Å²) >= 11 is 0. The molecule has 1 heterocycles. The summed E-state index contributed by atoms with van der Waals surface area (Å²) in [5, 5.41) is 10.6. The van der Waals surface area contributed by atoms with Crippen LogP contribution in [0.1, 0.15) is 40.0 Å². The molecule has 104 valence electrons. The van der Waals surface area contributed by atoms with Gasteiger partial charge in [0.2, 0.25) is 0 Å². The Kier molecular flexibility index (Phi) is 2.65. The van der Waals surface area contributed by atoms with E-state index >= 15 is 0 Å². The van der Waals surface area contributed by atoms with Crippen molar-refractivity contribution >= 4 is 11.8 Å². The minimum atomic E-state index is -0.876. The third-order valence-electron chi connectivity index (χ3n) is 5.30. The van der Waals surface area contributed by atoms with Gasteiger partial charge in [-0.15, -0.1) is 0 Å². The van der Waals surface area contributed by atoms with E-state index in [-0.39, 0.29) is 35.6 Å². The Hall–Kier alpha value is -1.16. The van der Waals surface area contributed by atoms with Crippen LogP contribution in [0.25, 0.3) is 0 Å². The Morgan fingerprint density at radius 1 is 1.37 bits per heavy atom. The second kappa shape index (κ2) is 3.92. The summed E-state index contributed by atoms with van der Waals surface area (Å²) in [6.07, 6.45) is 1.44. The Labute approximate surface area is 112 Å². The van der Waals surface area contributed by atoms with E-state index in [0.29, 0.717) is 18.4 Å². The third-order valence-corrected chi connectivity index (χ3v) is 5.30. The van der Waals surface area contributed by atoms with Crippen molar-refractivity contribution in [1.29, 1.82) is 0 Å². The molecule has 4 heteroatoms. The van der Waals surface area contributed by atoms with Gasteiger partial charge in [-0.1, -0.05) is 6.92 Å². The van der Waals surface area contributed by atoms with Crippen LogP contribution in [0, 0.1) is 17.8 Å². The fraction of sp³-hybridized carbons (Fsp3) is 0.733. The van der Waals surface area contributed by atoms with E-state index in [1.165, 1.54) is 0 Å². The van der Waals surface area contributed by atoms with Crippen molar-refractivity contribution in [2.75, 3.05) is 0 Å². The van der Waals surface area contributed by atoms with Crippen LogP contribution in [-0.2, 0) is 14.3 Å². The van der Waals surface area contributed by atoms with Gasteiger partial charge in [0.1, 0.15) is 6.10 Å². The molecule has 5 atom stereocenters. The summed E-state index contributed by atoms with van der Waals surface area (Å²) in [4.78, 5) is 23.8. The highest BCUT2D eigenvalue weighted by Gasteiger charge is 2.54. The molecule has 19 heavy (non-hydrogen) atoms. The van der Waals surface area contributed by atoms with Gasteiger partial charge in [-0.2, -0.15) is 0 Å². The summed E-state index contributed by atoms with van der Waals surface area (Å²) in [7, 11) is 0. The zero-order valence-electron chi connectivity index (χ0n) is 11.6. The first-order chi connectivity index (χ1) is 8.83. The molecule has 1 saturated heterocycles. The van der Waals surface area contributed by atoms with E-state index < -0.39 is 5.60 Å². The summed E-state index contributed by atoms with van der Waals surface area (Å²) in [5.74, 6) is -0.324. The molecule has 0 spiro atoms. The van der Waals surface area contributed by atoms with Crippen LogP contribution in [0.3, 0.4) is 0 Å². The molecule has 1 N–H and O–H groups in total. The van der Waals surface area contributed by atoms with Crippen molar-refractivity contribution in [2.24, 2.45) is 17.8 Å². The molecule has 1 aliphatic heterocycles. The predicted molar refractivity (Wildman–Crippen MR) is 68.2 cm³/mol. The number of ether oxygens (including phenoxy) is 1. The lowest BCUT2D eigenvalue weighted by Gasteiger charge is -2.30. The summed E-state index contributed by atoms with van der Waals surface area (Å²) in [5.41, 5.74) is 0.707. The van der Waals surface area contributed by atoms with Crippen LogP contribution >= 0.6 is 0 Å². The van der Waals surface area contributed by atoms with E-state index in [0.717, 1.165) is 12.0 Å². The molecule has 0 aromatic carbocycles. The van der Waals surface area contributed by atoms with Crippen molar-refractivity contribution in [3.63, 3.8) is 0 Å². The number of ketones is 1. The summed E-state index contributed by atoms with van der Waals surface area (Å²) in [6, 6.07) is 0. The van der Waals surface area contributed by atoms with Crippen molar-refractivity contribution in [3.05, 3.63) is 11.1 Å². The highest BCUT2D eigenvalue weighted by molar-refractivity contribution is 5.99. The zero-order chi connectivity index (χ0) is 13.9. The number of esters is 1. The molecular weight excluding hydrogens is 244 g/mol. The standard InChI is InChI=1S/C15H20O4/c1-7-9-4-5-15(3,18)10-6-11(16)8(2)12(10)13(9)19-14(7)17/h7,9-10,13,18H,4-6H2,1-3H3/t7-,9-,10+,13-,15+/m0/s1. The number of fused-ring (bicyclic) bond motifs is 3. The van der Waals surface area contributed by atoms with E-state index in [1.807, 2.05) is 6.92 Å². The molecule has 0 bridgehead atoms. The van der Waals surface area contributed by atoms with Gasteiger partial charge in [0, 0.05) is 18.3 Å². The van der Waals surface area contributed by atoms with E-state index in [9.17, 15) is 14.7 Å². The maximum Gasteiger partial charge on any atom is 0.309 e. The molecule has 4 nitrogen and oxygen atoms in total. The molecule has 0 unspecified atom stereocenters. The molecule has 0 aromatic heterocycles. The van der Waals surface area contributed by atoms with Gasteiger partial charge in [0.25, 0.3) is 0 Å². The molecular formula is C15H20O4. The molecule has 0 aromatic rings. The fourth-order valence-corrected chi connectivity index (χ4v) is 3.92. The van der Waals surface area contributed by atoms with Crippen LogP contribution in [0.2, 0.25) is 0 Å². The van der Waals surface area contributed by atoms with Crippen molar-refractivity contribution in [3.8, 4) is 0 Å². The summed E-state index contributed by atoms with van der Waals surface area (Å²) in [6.45, 7) is 5.48. The van der Waals surface area contributed by atoms with Gasteiger partial charge in [-0.05, 0) is 37.8 Å². The van der Waals surface area contributed by atoms with Gasteiger partial charge in [0.15, 0.2) is 5.78 Å². The first-order valence-electron chi connectivity index (χ1n) is 6.99. The van der Waals surface area contributed by atoms with Crippen LogP contribution in [0.5, 0.6) is 0 Å². The molecule has 0 amide bonds. The van der Waals surface area contributed by atoms with E-state index in [4.69, 9.17) is 4.74 Å². The minimum Gasteiger partial charge on any atom is -0.457 e. The fourth-order valence-electron chi connectivity index (χ4n) is 3.92. The predicted octanol–water partition coefficient (Wildman–Crippen LogP) is 1.61. The second-order valence-electron chi connectivity index (χ2n) is 6.47. The number of allylic oxidation sites excluding steroid dienone is 1. The Bertz CT molecular complexity index is 488. The molecule has 2 fully saturated rings. The van der Waals surface area contributed by atoms with Crippen LogP contribution in [0.15, 0.2) is 11.1 Å². The number of hydrogen-bond donors (Lipinski definition) is 1. The Balaban J connectivity index is 2.10. The maximum atomic E-state index is 12.0. The molecule has 3 aliphatic rings. The number of rotatable bonds is 0. The van der Waals surface area contributed by atoms with E-state index in [1.54, 1.807) is 13.8 Å². The van der Waals surface area contributed by atoms with Crippen molar-refractivity contribution in [1.82, 2.24) is 0 Å². The van der Waals surface area contributed by atoms with E-state index in [2.05, 4.69) is 0 Å². The SMILES string of the molecule is CC1=C2[C@H]3OC(=O)[C@@H](C)[C@@H]3CC[C@@](C)(O)[C@@H]2CC1=O. The van der Waals surface area contributed by atoms with Gasteiger partial charge < -0.3 is 9.84 Å². The monoisotopic (exact) mass is 264 g/mol. The normalized spacial score (nSPS) is 45.9. The molecule has 0 radical (unpaired) electrons. The number of carbonyl (C=O) groups excluding carboxylic acids is 2. The van der Waals surface area contributed by atoms with Gasteiger partial charge in [-0.25, -0.2) is 0 Å². The quantitative estimate of drug-likeness (QED) is 0.675. The van der Waals surface area contributed by atoms with Gasteiger partial charge in [0.05, 0.1) is 11.5 Å². The minimum absolute atomic E-state index is 0.0801. The lowest BCUT2D eigenvalue weighted by atomic mass is 9.81. The maximum absolute atomic E-state index is 12.0. The van der Waals surface area contributed by atoms with Gasteiger partial charge in [-0.3, -0.25) is 9.59 Å². The topological polar surface area (TPSA) is 63.6 Å². The number of hydrogen-bond acceptors (Lipinski definition) is 4. The van der Waals surface area contributed by atoms with Crippen LogP contribution in [0.4, 0.5) is 0 Å². The number of Topliss-reactive ketones (excluding diaryl/α,β-unsaturated/α-hetero) is 1. The van der Waals surface area contributed by atoms with Gasteiger partial charge >= 0.3 is 5.97 Å². The highest BCUT2D eigenvalue weighted by atomic mass is 16.6. The van der Waals surface area contributed by atoms with Crippen LogP contribution in [-0.4, -0.2) is 28.6 Å². The van der Waals surface area contributed by atoms with Crippen molar-refractivity contribution in [2.45, 2.75) is 51.7 Å². The Morgan fingerprint density at radius 2 is 2.05 bits per heavy atom. The first-order valence-corrected chi connectivity index (χ1v) is 6.99. The molecule has 1 saturated carbocycles. The highest BCUT2D eigenvalue weighted by Crippen LogP contribution is 2.50.